The Morgan fingerprint density at radius 2 is 1.76 bits per heavy atom. The first-order chi connectivity index (χ1) is 12.1. The Bertz CT molecular complexity index is 689. The van der Waals surface area contributed by atoms with Gasteiger partial charge in [-0.15, -0.1) is 0 Å². The first kappa shape index (κ1) is 20.2. The van der Waals surface area contributed by atoms with Gasteiger partial charge in [-0.1, -0.05) is 54.7 Å². The van der Waals surface area contributed by atoms with Crippen molar-refractivity contribution in [3.63, 3.8) is 0 Å². The van der Waals surface area contributed by atoms with Gasteiger partial charge >= 0.3 is 0 Å². The highest BCUT2D eigenvalue weighted by Gasteiger charge is 2.04. The number of nitrogens with one attached hydrogen (secondary N) is 1. The zero-order chi connectivity index (χ0) is 18.1. The molecule has 0 heterocycles. The van der Waals surface area contributed by atoms with Crippen LogP contribution in [0.3, 0.4) is 0 Å². The summed E-state index contributed by atoms with van der Waals surface area (Å²) in [5, 5.41) is 4.08. The molecule has 0 saturated carbocycles. The first-order valence-electron chi connectivity index (χ1n) is 8.49. The zero-order valence-electron chi connectivity index (χ0n) is 14.4. The van der Waals surface area contributed by atoms with Crippen molar-refractivity contribution < 1.29 is 4.79 Å². The number of carbonyl (C=O) groups is 1. The summed E-state index contributed by atoms with van der Waals surface area (Å²) >= 11 is 13.6. The second-order valence-corrected chi connectivity index (χ2v) is 7.82. The lowest BCUT2D eigenvalue weighted by Gasteiger charge is -2.07. The third-order valence-electron chi connectivity index (χ3n) is 3.78. The lowest BCUT2D eigenvalue weighted by Crippen LogP contribution is -2.12. The van der Waals surface area contributed by atoms with Crippen molar-refractivity contribution in [1.82, 2.24) is 0 Å². The van der Waals surface area contributed by atoms with Crippen molar-refractivity contribution >= 4 is 46.6 Å². The molecule has 2 nitrogen and oxygen atoms in total. The number of aryl methyl sites for hydroxylation is 1. The number of hydrogen-bond acceptors (Lipinski definition) is 2. The van der Waals surface area contributed by atoms with Crippen LogP contribution in [0.4, 0.5) is 5.69 Å². The zero-order valence-corrected chi connectivity index (χ0v) is 16.7. The average Bonchev–Trinajstić information content (AvgIpc) is 2.61. The minimum atomic E-state index is 0.0444. The van der Waals surface area contributed by atoms with Crippen LogP contribution >= 0.6 is 35.0 Å². The molecule has 1 N–H and O–H groups in total. The Labute approximate surface area is 164 Å². The minimum Gasteiger partial charge on any atom is -0.326 e. The summed E-state index contributed by atoms with van der Waals surface area (Å²) in [6, 6.07) is 13.8. The van der Waals surface area contributed by atoms with Crippen LogP contribution in [0.25, 0.3) is 0 Å². The number of thioether (sulfide) groups is 1. The molecule has 0 bridgehead atoms. The third kappa shape index (κ3) is 7.31. The third-order valence-corrected chi connectivity index (χ3v) is 5.55. The van der Waals surface area contributed by atoms with Crippen LogP contribution in [0.5, 0.6) is 0 Å². The van der Waals surface area contributed by atoms with Gasteiger partial charge in [0.25, 0.3) is 0 Å². The fraction of sp³-hybridized carbons (Fsp3) is 0.350. The lowest BCUT2D eigenvalue weighted by atomic mass is 10.1. The van der Waals surface area contributed by atoms with E-state index >= 15 is 0 Å². The van der Waals surface area contributed by atoms with Gasteiger partial charge in [0.05, 0.1) is 10.0 Å². The normalized spacial score (nSPS) is 10.7. The molecule has 5 heteroatoms. The van der Waals surface area contributed by atoms with E-state index in [1.807, 2.05) is 24.3 Å². The highest BCUT2D eigenvalue weighted by atomic mass is 35.5. The van der Waals surface area contributed by atoms with Gasteiger partial charge in [-0.2, -0.15) is 11.8 Å². The summed E-state index contributed by atoms with van der Waals surface area (Å²) in [5.41, 5.74) is 3.29. The lowest BCUT2D eigenvalue weighted by molar-refractivity contribution is -0.115. The molecule has 2 aromatic rings. The van der Waals surface area contributed by atoms with Crippen molar-refractivity contribution in [3.8, 4) is 0 Å². The molecule has 0 radical (unpaired) electrons. The summed E-state index contributed by atoms with van der Waals surface area (Å²) in [7, 11) is 0. The molecule has 2 aromatic carbocycles. The summed E-state index contributed by atoms with van der Waals surface area (Å²) in [5.74, 6) is 1.62. The van der Waals surface area contributed by atoms with Crippen LogP contribution in [-0.4, -0.2) is 11.7 Å². The SMILES string of the molecule is CCCCc1ccc(NC(=O)CCSCc2ccc(Cl)c(Cl)c2)cc1. The number of carbonyl (C=O) groups excluding carboxylic acids is 1. The van der Waals surface area contributed by atoms with E-state index in [1.165, 1.54) is 18.4 Å². The quantitative estimate of drug-likeness (QED) is 0.484. The Balaban J connectivity index is 1.69. The molecule has 0 atom stereocenters. The number of halogens is 2. The topological polar surface area (TPSA) is 29.1 Å². The second kappa shape index (κ2) is 10.7. The highest BCUT2D eigenvalue weighted by Crippen LogP contribution is 2.24. The molecule has 0 aliphatic carbocycles. The van der Waals surface area contributed by atoms with Gasteiger partial charge in [-0.25, -0.2) is 0 Å². The molecule has 0 unspecified atom stereocenters. The Morgan fingerprint density at radius 3 is 2.44 bits per heavy atom. The van der Waals surface area contributed by atoms with Gasteiger partial charge in [0.2, 0.25) is 5.91 Å². The number of benzene rings is 2. The van der Waals surface area contributed by atoms with E-state index < -0.39 is 0 Å². The number of unbranched alkanes of at least 4 members (excludes halogenated alkanes) is 1. The summed E-state index contributed by atoms with van der Waals surface area (Å²) < 4.78 is 0. The Hall–Kier alpha value is -1.16. The van der Waals surface area contributed by atoms with E-state index in [2.05, 4.69) is 24.4 Å². The van der Waals surface area contributed by atoms with E-state index in [1.54, 1.807) is 17.8 Å². The molecule has 0 aliphatic heterocycles. The first-order valence-corrected chi connectivity index (χ1v) is 10.4. The Morgan fingerprint density at radius 1 is 1.04 bits per heavy atom. The van der Waals surface area contributed by atoms with Gasteiger partial charge in [0, 0.05) is 23.6 Å². The predicted molar refractivity (Wildman–Crippen MR) is 111 cm³/mol. The smallest absolute Gasteiger partial charge is 0.225 e. The van der Waals surface area contributed by atoms with E-state index in [9.17, 15) is 4.79 Å². The molecule has 134 valence electrons. The maximum atomic E-state index is 12.0. The maximum Gasteiger partial charge on any atom is 0.225 e. The van der Waals surface area contributed by atoms with Crippen molar-refractivity contribution in [3.05, 3.63) is 63.6 Å². The fourth-order valence-electron chi connectivity index (χ4n) is 2.34. The number of hydrogen-bond donors (Lipinski definition) is 1. The largest absolute Gasteiger partial charge is 0.326 e. The van der Waals surface area contributed by atoms with E-state index in [-0.39, 0.29) is 5.91 Å². The van der Waals surface area contributed by atoms with Crippen LogP contribution in [-0.2, 0) is 17.0 Å². The van der Waals surface area contributed by atoms with E-state index in [4.69, 9.17) is 23.2 Å². The van der Waals surface area contributed by atoms with Gasteiger partial charge in [-0.3, -0.25) is 4.79 Å². The van der Waals surface area contributed by atoms with Crippen LogP contribution < -0.4 is 5.32 Å². The summed E-state index contributed by atoms with van der Waals surface area (Å²) in [6.45, 7) is 2.19. The molecule has 0 aliphatic rings. The average molecular weight is 396 g/mol. The number of rotatable bonds is 9. The van der Waals surface area contributed by atoms with E-state index in [0.29, 0.717) is 16.5 Å². The summed E-state index contributed by atoms with van der Waals surface area (Å²) in [4.78, 5) is 12.0. The monoisotopic (exact) mass is 395 g/mol. The molecule has 25 heavy (non-hydrogen) atoms. The highest BCUT2D eigenvalue weighted by molar-refractivity contribution is 7.98. The van der Waals surface area contributed by atoms with Crippen molar-refractivity contribution in [1.29, 1.82) is 0 Å². The van der Waals surface area contributed by atoms with Crippen molar-refractivity contribution in [2.45, 2.75) is 38.4 Å². The number of amides is 1. The number of anilines is 1. The molecule has 0 aromatic heterocycles. The van der Waals surface area contributed by atoms with Gasteiger partial charge in [-0.05, 0) is 48.2 Å². The van der Waals surface area contributed by atoms with Crippen LogP contribution in [0.15, 0.2) is 42.5 Å². The van der Waals surface area contributed by atoms with E-state index in [0.717, 1.165) is 29.2 Å². The fourth-order valence-corrected chi connectivity index (χ4v) is 3.55. The summed E-state index contributed by atoms with van der Waals surface area (Å²) in [6.07, 6.45) is 3.97. The molecular weight excluding hydrogens is 373 g/mol. The molecule has 2 rings (SSSR count). The Kier molecular flexibility index (Phi) is 8.66. The standard InChI is InChI=1S/C20H23Cl2NOS/c1-2-3-4-15-5-8-17(9-6-15)23-20(24)11-12-25-14-16-7-10-18(21)19(22)13-16/h5-10,13H,2-4,11-12,14H2,1H3,(H,23,24). The van der Waals surface area contributed by atoms with Gasteiger partial charge in [0.15, 0.2) is 0 Å². The maximum absolute atomic E-state index is 12.0. The van der Waals surface area contributed by atoms with Crippen LogP contribution in [0.1, 0.15) is 37.3 Å². The van der Waals surface area contributed by atoms with Gasteiger partial charge < -0.3 is 5.32 Å². The van der Waals surface area contributed by atoms with Crippen molar-refractivity contribution in [2.24, 2.45) is 0 Å². The van der Waals surface area contributed by atoms with Crippen molar-refractivity contribution in [2.75, 3.05) is 11.1 Å². The molecule has 1 amide bonds. The van der Waals surface area contributed by atoms with Crippen LogP contribution in [0.2, 0.25) is 10.0 Å². The van der Waals surface area contributed by atoms with Gasteiger partial charge in [0.1, 0.15) is 0 Å². The predicted octanol–water partition coefficient (Wildman–Crippen LogP) is 6.60. The second-order valence-electron chi connectivity index (χ2n) is 5.90. The molecule has 0 saturated heterocycles. The minimum absolute atomic E-state index is 0.0444. The molecular formula is C20H23Cl2NOS. The molecule has 0 spiro atoms. The molecule has 0 fully saturated rings. The van der Waals surface area contributed by atoms with Crippen LogP contribution in [0, 0.1) is 0 Å².